The Morgan fingerprint density at radius 2 is 1.68 bits per heavy atom. The zero-order chi connectivity index (χ0) is 17.2. The van der Waals surface area contributed by atoms with E-state index in [0.29, 0.717) is 6.42 Å². The second-order valence-electron chi connectivity index (χ2n) is 4.47. The van der Waals surface area contributed by atoms with E-state index in [9.17, 15) is 18.6 Å². The van der Waals surface area contributed by atoms with Crippen LogP contribution in [0.2, 0.25) is 0 Å². The van der Waals surface area contributed by atoms with Crippen molar-refractivity contribution in [3.8, 4) is 0 Å². The Bertz CT molecular complexity index is 526. The van der Waals surface area contributed by atoms with Gasteiger partial charge >= 0.3 is 23.5 Å². The zero-order valence-electron chi connectivity index (χ0n) is 11.7. The van der Waals surface area contributed by atoms with Crippen LogP contribution >= 0.6 is 23.5 Å². The van der Waals surface area contributed by atoms with Crippen LogP contribution in [0.15, 0.2) is 0 Å². The maximum atomic E-state index is 11.5. The van der Waals surface area contributed by atoms with Crippen LogP contribution < -0.4 is 0 Å². The van der Waals surface area contributed by atoms with Gasteiger partial charge in [0, 0.05) is 13.1 Å². The van der Waals surface area contributed by atoms with Crippen LogP contribution in [-0.4, -0.2) is 48.4 Å². The maximum Gasteiger partial charge on any atom is 0.490 e. The van der Waals surface area contributed by atoms with Gasteiger partial charge in [-0.15, -0.1) is 0 Å². The minimum Gasteiger partial charge on any atom is -0.382 e. The molecule has 22 heavy (non-hydrogen) atoms. The van der Waals surface area contributed by atoms with E-state index in [-0.39, 0.29) is 5.92 Å². The predicted octanol–water partition coefficient (Wildman–Crippen LogP) is 0.903. The fourth-order valence-corrected chi connectivity index (χ4v) is 4.90. The van der Waals surface area contributed by atoms with Crippen LogP contribution in [-0.2, 0) is 36.1 Å². The standard InChI is InChI=1S/C7H16BO11P3/c1-5-3-7(8)17-6(5)4-16-21(11,12)19-22(13,14)18-20(9,10)15-2/h5-7H,3-4H2,1-2H3,(H,9,10)(H,11,12)(H,13,14)/t5?,6-,7-/m1/s1. The van der Waals surface area contributed by atoms with Crippen LogP contribution in [0.5, 0.6) is 0 Å². The molecule has 1 saturated heterocycles. The summed E-state index contributed by atoms with van der Waals surface area (Å²) in [6.07, 6.45) is -0.103. The highest BCUT2D eigenvalue weighted by atomic mass is 31.3. The van der Waals surface area contributed by atoms with E-state index < -0.39 is 42.2 Å². The number of phosphoric ester groups is 2. The third kappa shape index (κ3) is 6.90. The second kappa shape index (κ2) is 7.55. The van der Waals surface area contributed by atoms with Gasteiger partial charge in [0.05, 0.1) is 12.7 Å². The predicted molar refractivity (Wildman–Crippen MR) is 72.8 cm³/mol. The molecule has 0 aliphatic carbocycles. The summed E-state index contributed by atoms with van der Waals surface area (Å²) in [5.74, 6) is -0.0710. The highest BCUT2D eigenvalue weighted by molar-refractivity contribution is 7.66. The Kier molecular flexibility index (Phi) is 7.03. The molecule has 0 aromatic heterocycles. The third-order valence-electron chi connectivity index (χ3n) is 2.63. The smallest absolute Gasteiger partial charge is 0.382 e. The molecule has 15 heteroatoms. The molecule has 4 unspecified atom stereocenters. The lowest BCUT2D eigenvalue weighted by molar-refractivity contribution is 0.0271. The van der Waals surface area contributed by atoms with Crippen LogP contribution in [0.1, 0.15) is 13.3 Å². The second-order valence-corrected chi connectivity index (χ2v) is 9.21. The van der Waals surface area contributed by atoms with Crippen molar-refractivity contribution in [1.82, 2.24) is 0 Å². The van der Waals surface area contributed by atoms with E-state index in [4.69, 9.17) is 22.4 Å². The van der Waals surface area contributed by atoms with Gasteiger partial charge in [0.15, 0.2) is 0 Å². The molecule has 2 radical (unpaired) electrons. The number of hydrogen-bond donors (Lipinski definition) is 3. The van der Waals surface area contributed by atoms with Crippen molar-refractivity contribution >= 4 is 31.3 Å². The van der Waals surface area contributed by atoms with Gasteiger partial charge in [0.1, 0.15) is 7.85 Å². The Morgan fingerprint density at radius 1 is 1.14 bits per heavy atom. The normalized spacial score (nSPS) is 33.8. The number of ether oxygens (including phenoxy) is 1. The van der Waals surface area contributed by atoms with Crippen molar-refractivity contribution in [2.75, 3.05) is 13.7 Å². The lowest BCUT2D eigenvalue weighted by atomic mass is 9.92. The summed E-state index contributed by atoms with van der Waals surface area (Å²) in [7, 11) is -9.10. The van der Waals surface area contributed by atoms with Gasteiger partial charge < -0.3 is 19.4 Å². The van der Waals surface area contributed by atoms with Crippen molar-refractivity contribution in [3.05, 3.63) is 0 Å². The topological polar surface area (TPSA) is 158 Å². The molecule has 11 nitrogen and oxygen atoms in total. The summed E-state index contributed by atoms with van der Waals surface area (Å²) in [5, 5.41) is 0. The fourth-order valence-electron chi connectivity index (χ4n) is 1.64. The van der Waals surface area contributed by atoms with E-state index in [1.54, 1.807) is 6.92 Å². The van der Waals surface area contributed by atoms with E-state index in [2.05, 4.69) is 17.7 Å². The first-order valence-corrected chi connectivity index (χ1v) is 10.4. The first-order valence-electron chi connectivity index (χ1n) is 5.88. The minimum absolute atomic E-state index is 0.0710. The highest BCUT2D eigenvalue weighted by Gasteiger charge is 2.42. The molecule has 0 amide bonds. The molecule has 0 saturated carbocycles. The van der Waals surface area contributed by atoms with Crippen LogP contribution in [0, 0.1) is 5.92 Å². The molecule has 0 bridgehead atoms. The van der Waals surface area contributed by atoms with Gasteiger partial charge in [-0.05, 0) is 12.3 Å². The molecule has 0 aromatic carbocycles. The molecule has 1 heterocycles. The van der Waals surface area contributed by atoms with E-state index in [1.165, 1.54) is 0 Å². The molecule has 0 spiro atoms. The van der Waals surface area contributed by atoms with Crippen molar-refractivity contribution in [1.29, 1.82) is 0 Å². The first-order chi connectivity index (χ1) is 9.86. The Hall–Kier alpha value is 0.435. The largest absolute Gasteiger partial charge is 0.490 e. The highest BCUT2D eigenvalue weighted by Crippen LogP contribution is 2.67. The van der Waals surface area contributed by atoms with Crippen molar-refractivity contribution in [2.24, 2.45) is 5.92 Å². The molecule has 3 N–H and O–H groups in total. The van der Waals surface area contributed by atoms with Gasteiger partial charge in [-0.3, -0.25) is 9.05 Å². The Labute approximate surface area is 128 Å². The SMILES string of the molecule is [B][C@H]1CC(C)[C@@H](COP(=O)(O)OP(=O)(O)OP(=O)(O)OC)O1. The summed E-state index contributed by atoms with van der Waals surface area (Å²) < 4.78 is 55.1. The van der Waals surface area contributed by atoms with Gasteiger partial charge in [-0.1, -0.05) is 6.92 Å². The van der Waals surface area contributed by atoms with Crippen LogP contribution in [0.25, 0.3) is 0 Å². The van der Waals surface area contributed by atoms with Gasteiger partial charge in [-0.25, -0.2) is 13.7 Å². The van der Waals surface area contributed by atoms with Gasteiger partial charge in [0.25, 0.3) is 0 Å². The molecular weight excluding hydrogens is 364 g/mol. The zero-order valence-corrected chi connectivity index (χ0v) is 14.4. The molecule has 1 aliphatic heterocycles. The van der Waals surface area contributed by atoms with E-state index >= 15 is 0 Å². The van der Waals surface area contributed by atoms with Gasteiger partial charge in [0.2, 0.25) is 0 Å². The lowest BCUT2D eigenvalue weighted by Gasteiger charge is -2.20. The summed E-state index contributed by atoms with van der Waals surface area (Å²) in [6.45, 7) is 1.33. The summed E-state index contributed by atoms with van der Waals surface area (Å²) >= 11 is 0. The average molecular weight is 380 g/mol. The molecule has 1 fully saturated rings. The maximum absolute atomic E-state index is 11.5. The van der Waals surface area contributed by atoms with Crippen molar-refractivity contribution in [3.63, 3.8) is 0 Å². The summed E-state index contributed by atoms with van der Waals surface area (Å²) in [6, 6.07) is -0.545. The molecule has 1 rings (SSSR count). The van der Waals surface area contributed by atoms with Crippen LogP contribution in [0.4, 0.5) is 0 Å². The van der Waals surface area contributed by atoms with Crippen molar-refractivity contribution < 1.29 is 50.8 Å². The minimum atomic E-state index is -5.38. The average Bonchev–Trinajstić information content (AvgIpc) is 2.62. The molecule has 1 aliphatic rings. The molecule has 6 atom stereocenters. The quantitative estimate of drug-likeness (QED) is 0.406. The number of phosphoric acid groups is 3. The van der Waals surface area contributed by atoms with Gasteiger partial charge in [-0.2, -0.15) is 8.62 Å². The number of hydrogen-bond acceptors (Lipinski definition) is 8. The Balaban J connectivity index is 2.58. The van der Waals surface area contributed by atoms with E-state index in [0.717, 1.165) is 7.11 Å². The lowest BCUT2D eigenvalue weighted by Crippen LogP contribution is -2.21. The first kappa shape index (κ1) is 20.5. The fraction of sp³-hybridized carbons (Fsp3) is 1.00. The third-order valence-corrected chi connectivity index (χ3v) is 6.87. The van der Waals surface area contributed by atoms with E-state index in [1.807, 2.05) is 0 Å². The summed E-state index contributed by atoms with van der Waals surface area (Å²) in [4.78, 5) is 27.3. The Morgan fingerprint density at radius 3 is 2.14 bits per heavy atom. The molecular formula is C7H16BO11P3. The van der Waals surface area contributed by atoms with Crippen molar-refractivity contribution in [2.45, 2.75) is 25.5 Å². The molecule has 0 aromatic rings. The van der Waals surface area contributed by atoms with Crippen LogP contribution in [0.3, 0.4) is 0 Å². The molecule has 128 valence electrons. The number of rotatable bonds is 8. The summed E-state index contributed by atoms with van der Waals surface area (Å²) in [5.41, 5.74) is 0. The monoisotopic (exact) mass is 380 g/mol.